The van der Waals surface area contributed by atoms with Crippen LogP contribution < -0.4 is 9.47 Å². The molecule has 51 heavy (non-hydrogen) atoms. The van der Waals surface area contributed by atoms with Crippen LogP contribution >= 0.6 is 0 Å². The molecule has 0 bridgehead atoms. The minimum atomic E-state index is -3.68. The highest BCUT2D eigenvalue weighted by Crippen LogP contribution is 2.33. The zero-order valence-electron chi connectivity index (χ0n) is 29.5. The van der Waals surface area contributed by atoms with Crippen molar-refractivity contribution in [1.29, 1.82) is 0 Å². The molecule has 0 heterocycles. The summed E-state index contributed by atoms with van der Waals surface area (Å²) in [7, 11) is -7.30. The summed E-state index contributed by atoms with van der Waals surface area (Å²) in [6, 6.07) is 38.9. The fraction of sp³-hybridized carbons (Fsp3) is 0.209. The second-order valence-corrected chi connectivity index (χ2v) is 17.3. The fourth-order valence-electron chi connectivity index (χ4n) is 5.85. The third-order valence-electron chi connectivity index (χ3n) is 9.53. The summed E-state index contributed by atoms with van der Waals surface area (Å²) in [6.45, 7) is 10.4. The van der Waals surface area contributed by atoms with Gasteiger partial charge in [0, 0.05) is 0 Å². The molecular weight excluding hydrogens is 677 g/mol. The number of aryl methyl sites for hydroxylation is 1. The van der Waals surface area contributed by atoms with Crippen LogP contribution in [-0.2, 0) is 25.1 Å². The summed E-state index contributed by atoms with van der Waals surface area (Å²) in [6.07, 6.45) is 1.35. The van der Waals surface area contributed by atoms with Crippen LogP contribution in [0.4, 0.5) is 0 Å². The molecule has 0 aromatic heterocycles. The van der Waals surface area contributed by atoms with Crippen molar-refractivity contribution in [3.05, 3.63) is 150 Å². The normalized spacial score (nSPS) is 12.8. The maximum Gasteiger partial charge on any atom is 0.206 e. The lowest BCUT2D eigenvalue weighted by Gasteiger charge is -2.23. The van der Waals surface area contributed by atoms with Crippen molar-refractivity contribution in [1.82, 2.24) is 0 Å². The number of hydrogen-bond donors (Lipinski definition) is 0. The van der Waals surface area contributed by atoms with E-state index in [0.29, 0.717) is 23.7 Å². The van der Waals surface area contributed by atoms with Crippen LogP contribution in [0, 0.1) is 6.92 Å². The van der Waals surface area contributed by atoms with E-state index in [1.165, 1.54) is 0 Å². The van der Waals surface area contributed by atoms with Crippen LogP contribution in [0.15, 0.2) is 153 Å². The van der Waals surface area contributed by atoms with E-state index < -0.39 is 19.7 Å². The maximum atomic E-state index is 13.3. The topological polar surface area (TPSA) is 86.7 Å². The van der Waals surface area contributed by atoms with Crippen LogP contribution in [-0.4, -0.2) is 16.8 Å². The van der Waals surface area contributed by atoms with Gasteiger partial charge in [-0.1, -0.05) is 81.8 Å². The monoisotopic (exact) mass is 718 g/mol. The first-order valence-electron chi connectivity index (χ1n) is 17.1. The summed E-state index contributed by atoms with van der Waals surface area (Å²) in [4.78, 5) is 0.959. The van der Waals surface area contributed by atoms with Crippen molar-refractivity contribution in [2.45, 2.75) is 78.6 Å². The van der Waals surface area contributed by atoms with Gasteiger partial charge < -0.3 is 9.47 Å². The van der Waals surface area contributed by atoms with Gasteiger partial charge in [-0.3, -0.25) is 0 Å². The maximum absolute atomic E-state index is 13.3. The molecular formula is C43H42O6S2. The Morgan fingerprint density at radius 3 is 1.53 bits per heavy atom. The van der Waals surface area contributed by atoms with Gasteiger partial charge in [0.25, 0.3) is 0 Å². The molecule has 0 saturated heterocycles. The van der Waals surface area contributed by atoms with E-state index in [9.17, 15) is 16.8 Å². The Bertz CT molecular complexity index is 2360. The predicted octanol–water partition coefficient (Wildman–Crippen LogP) is 10.8. The highest BCUT2D eigenvalue weighted by atomic mass is 32.2. The van der Waals surface area contributed by atoms with Gasteiger partial charge in [-0.05, 0) is 132 Å². The lowest BCUT2D eigenvalue weighted by Crippen LogP contribution is -2.15. The highest BCUT2D eigenvalue weighted by molar-refractivity contribution is 7.91. The molecule has 0 spiro atoms. The van der Waals surface area contributed by atoms with Gasteiger partial charge in [0.15, 0.2) is 0 Å². The average molecular weight is 719 g/mol. The summed E-state index contributed by atoms with van der Waals surface area (Å²) in [5.41, 5.74) is 2.95. The van der Waals surface area contributed by atoms with Crippen molar-refractivity contribution in [3.8, 4) is 17.2 Å². The highest BCUT2D eigenvalue weighted by Gasteiger charge is 2.22. The quantitative estimate of drug-likeness (QED) is 0.125. The van der Waals surface area contributed by atoms with Crippen LogP contribution in [0.5, 0.6) is 17.2 Å². The number of rotatable bonds is 12. The van der Waals surface area contributed by atoms with E-state index in [4.69, 9.17) is 9.47 Å². The van der Waals surface area contributed by atoms with Crippen molar-refractivity contribution >= 4 is 30.4 Å². The molecule has 6 rings (SSSR count). The van der Waals surface area contributed by atoms with Gasteiger partial charge in [-0.15, -0.1) is 0 Å². The molecule has 0 aliphatic carbocycles. The van der Waals surface area contributed by atoms with Crippen LogP contribution in [0.25, 0.3) is 10.8 Å². The van der Waals surface area contributed by atoms with E-state index >= 15 is 0 Å². The number of benzene rings is 6. The SMILES string of the molecule is CCC(Oc1ccc2ccc(Oc3ccc(S(=O)(=O)c4ccc(C(C)(C)CC)cc4)cc3)cc2c1)c1ccc(S(=O)(=O)c2ccc(C)cc2)cc1. The summed E-state index contributed by atoms with van der Waals surface area (Å²) < 4.78 is 65.5. The predicted molar refractivity (Wildman–Crippen MR) is 202 cm³/mol. The molecule has 1 atom stereocenters. The molecule has 262 valence electrons. The van der Waals surface area contributed by atoms with E-state index in [2.05, 4.69) is 20.8 Å². The molecule has 0 aliphatic heterocycles. The Hall–Kier alpha value is -4.92. The van der Waals surface area contributed by atoms with Crippen LogP contribution in [0.2, 0.25) is 0 Å². The van der Waals surface area contributed by atoms with E-state index in [1.54, 1.807) is 72.8 Å². The summed E-state index contributed by atoms with van der Waals surface area (Å²) >= 11 is 0. The number of ether oxygens (including phenoxy) is 2. The molecule has 6 aromatic rings. The van der Waals surface area contributed by atoms with Gasteiger partial charge in [0.1, 0.15) is 23.4 Å². The number of hydrogen-bond acceptors (Lipinski definition) is 6. The third-order valence-corrected chi connectivity index (χ3v) is 13.1. The van der Waals surface area contributed by atoms with Gasteiger partial charge in [0.05, 0.1) is 19.6 Å². The average Bonchev–Trinajstić information content (AvgIpc) is 3.14. The number of fused-ring (bicyclic) bond motifs is 1. The van der Waals surface area contributed by atoms with Gasteiger partial charge >= 0.3 is 0 Å². The molecule has 0 aliphatic rings. The molecule has 0 N–H and O–H groups in total. The van der Waals surface area contributed by atoms with E-state index in [0.717, 1.165) is 33.9 Å². The molecule has 0 saturated carbocycles. The second kappa shape index (κ2) is 14.4. The Balaban J connectivity index is 1.15. The van der Waals surface area contributed by atoms with Gasteiger partial charge in [0.2, 0.25) is 19.7 Å². The minimum Gasteiger partial charge on any atom is -0.486 e. The first-order chi connectivity index (χ1) is 24.3. The first kappa shape index (κ1) is 35.9. The van der Waals surface area contributed by atoms with Crippen molar-refractivity contribution in [2.75, 3.05) is 0 Å². The van der Waals surface area contributed by atoms with Gasteiger partial charge in [-0.2, -0.15) is 0 Å². The van der Waals surface area contributed by atoms with Crippen LogP contribution in [0.1, 0.15) is 63.3 Å². The third kappa shape index (κ3) is 7.72. The van der Waals surface area contributed by atoms with Crippen molar-refractivity contribution < 1.29 is 26.3 Å². The van der Waals surface area contributed by atoms with Crippen molar-refractivity contribution in [3.63, 3.8) is 0 Å². The summed E-state index contributed by atoms with van der Waals surface area (Å²) in [5, 5.41) is 1.91. The molecule has 0 radical (unpaired) electrons. The first-order valence-corrected chi connectivity index (χ1v) is 20.0. The zero-order chi connectivity index (χ0) is 36.4. The van der Waals surface area contributed by atoms with Crippen LogP contribution in [0.3, 0.4) is 0 Å². The van der Waals surface area contributed by atoms with E-state index in [-0.39, 0.29) is 31.1 Å². The molecule has 0 amide bonds. The lowest BCUT2D eigenvalue weighted by molar-refractivity contribution is 0.201. The molecule has 6 aromatic carbocycles. The van der Waals surface area contributed by atoms with E-state index in [1.807, 2.05) is 74.5 Å². The molecule has 1 unspecified atom stereocenters. The number of sulfone groups is 2. The Labute approximate surface area is 301 Å². The fourth-order valence-corrected chi connectivity index (χ4v) is 8.38. The Kier molecular flexibility index (Phi) is 10.1. The summed E-state index contributed by atoms with van der Waals surface area (Å²) in [5.74, 6) is 1.78. The Morgan fingerprint density at radius 1 is 0.549 bits per heavy atom. The Morgan fingerprint density at radius 2 is 1.00 bits per heavy atom. The largest absolute Gasteiger partial charge is 0.486 e. The van der Waals surface area contributed by atoms with Crippen molar-refractivity contribution in [2.24, 2.45) is 0 Å². The lowest BCUT2D eigenvalue weighted by atomic mass is 9.82. The molecule has 8 heteroatoms. The van der Waals surface area contributed by atoms with Gasteiger partial charge in [-0.25, -0.2) is 16.8 Å². The minimum absolute atomic E-state index is 0.0268. The smallest absolute Gasteiger partial charge is 0.206 e. The molecule has 6 nitrogen and oxygen atoms in total. The zero-order valence-corrected chi connectivity index (χ0v) is 31.1. The molecule has 0 fully saturated rings. The standard InChI is InChI=1S/C43H42O6S2/c1-6-42(32-12-22-39(23-13-32)50(44,45)38-20-8-30(3)9-21-38)49-37-17-11-31-10-16-36(28-33(31)29-37)48-35-18-26-41(27-19-35)51(46,47)40-24-14-34(15-25-40)43(4,5)7-2/h8-29,42H,6-7H2,1-5H3. The second-order valence-electron chi connectivity index (χ2n) is 13.4.